The van der Waals surface area contributed by atoms with Gasteiger partial charge in [-0.1, -0.05) is 32.7 Å². The van der Waals surface area contributed by atoms with Crippen molar-refractivity contribution in [3.8, 4) is 11.3 Å². The standard InChI is InChI=1S/C29H31BrClF2N5O7/c1-13-4-16(30)8-17(5-13)38(21-10-36(14(2)40)11-22(21)41)29(43)28-27(44-3)25(26(42)23(12-39)45-28)37-9-20(34-35-37)15-6-18(32)24(31)19(33)7-15/h4-9,21-23,25-28,39,41-42H,10-12H2,1-3H3/t21-,22-,23+,25-,26-,27+,28+/m0/s1. The van der Waals surface area contributed by atoms with Crippen LogP contribution in [0.3, 0.4) is 0 Å². The van der Waals surface area contributed by atoms with Crippen molar-refractivity contribution in [3.63, 3.8) is 0 Å². The van der Waals surface area contributed by atoms with Gasteiger partial charge in [-0.25, -0.2) is 13.5 Å². The molecule has 2 saturated heterocycles. The van der Waals surface area contributed by atoms with Gasteiger partial charge in [-0.2, -0.15) is 0 Å². The summed E-state index contributed by atoms with van der Waals surface area (Å²) < 4.78 is 41.9. The molecule has 12 nitrogen and oxygen atoms in total. The van der Waals surface area contributed by atoms with E-state index in [1.54, 1.807) is 12.1 Å². The van der Waals surface area contributed by atoms with Crippen LogP contribution in [0, 0.1) is 18.6 Å². The maximum Gasteiger partial charge on any atom is 0.259 e. The minimum absolute atomic E-state index is 0.00419. The fraction of sp³-hybridized carbons (Fsp3) is 0.448. The quantitative estimate of drug-likeness (QED) is 0.313. The number of aliphatic hydroxyl groups is 3. The first-order valence-corrected chi connectivity index (χ1v) is 15.1. The maximum absolute atomic E-state index is 14.6. The Kier molecular flexibility index (Phi) is 9.89. The van der Waals surface area contributed by atoms with Crippen molar-refractivity contribution in [2.45, 2.75) is 56.5 Å². The van der Waals surface area contributed by atoms with Gasteiger partial charge < -0.3 is 34.6 Å². The molecule has 5 rings (SSSR count). The maximum atomic E-state index is 14.6. The zero-order valence-electron chi connectivity index (χ0n) is 24.3. The van der Waals surface area contributed by atoms with Crippen molar-refractivity contribution in [1.82, 2.24) is 19.9 Å². The topological polar surface area (TPSA) is 150 Å². The van der Waals surface area contributed by atoms with Crippen LogP contribution in [-0.2, 0) is 19.1 Å². The molecule has 2 fully saturated rings. The van der Waals surface area contributed by atoms with Crippen molar-refractivity contribution >= 4 is 45.0 Å². The van der Waals surface area contributed by atoms with E-state index in [0.717, 1.165) is 17.7 Å². The van der Waals surface area contributed by atoms with Crippen LogP contribution in [0.2, 0.25) is 5.02 Å². The summed E-state index contributed by atoms with van der Waals surface area (Å²) in [5, 5.41) is 39.8. The number of β-amino-alcohol motifs (C(OH)–C–C–N with tert-alkyl or cyclic N) is 1. The molecule has 0 unspecified atom stereocenters. The summed E-state index contributed by atoms with van der Waals surface area (Å²) in [4.78, 5) is 29.5. The average molecular weight is 715 g/mol. The summed E-state index contributed by atoms with van der Waals surface area (Å²) in [6.45, 7) is 2.55. The lowest BCUT2D eigenvalue weighted by Crippen LogP contribution is -2.63. The lowest BCUT2D eigenvalue weighted by atomic mass is 9.91. The number of aromatic nitrogens is 3. The Morgan fingerprint density at radius 1 is 1.18 bits per heavy atom. The molecule has 2 aliphatic heterocycles. The van der Waals surface area contributed by atoms with Gasteiger partial charge >= 0.3 is 0 Å². The molecule has 3 heterocycles. The zero-order chi connectivity index (χ0) is 32.7. The van der Waals surface area contributed by atoms with Crippen LogP contribution in [0.4, 0.5) is 14.5 Å². The summed E-state index contributed by atoms with van der Waals surface area (Å²) in [6, 6.07) is 5.16. The molecular formula is C29H31BrClF2N5O7. The molecule has 2 amide bonds. The van der Waals surface area contributed by atoms with Gasteiger partial charge in [0, 0.05) is 42.8 Å². The third kappa shape index (κ3) is 6.48. The van der Waals surface area contributed by atoms with Crippen LogP contribution in [0.1, 0.15) is 18.5 Å². The SMILES string of the molecule is CO[C@@H]1[C@@H](n2cc(-c3cc(F)c(Cl)c(F)c3)nn2)[C@@H](O)[C@@H](CO)O[C@H]1C(=O)N(c1cc(C)cc(Br)c1)[C@H]1CN(C(C)=O)C[C@@H]1O. The van der Waals surface area contributed by atoms with Crippen molar-refractivity contribution in [2.75, 3.05) is 31.7 Å². The highest BCUT2D eigenvalue weighted by atomic mass is 79.9. The predicted molar refractivity (Wildman–Crippen MR) is 160 cm³/mol. The highest BCUT2D eigenvalue weighted by Crippen LogP contribution is 2.36. The molecule has 0 spiro atoms. The van der Waals surface area contributed by atoms with E-state index in [2.05, 4.69) is 26.2 Å². The normalized spacial score (nSPS) is 26.7. The number of ether oxygens (including phenoxy) is 2. The fourth-order valence-electron chi connectivity index (χ4n) is 5.87. The number of nitrogens with zero attached hydrogens (tertiary/aromatic N) is 5. The molecule has 2 aromatic carbocycles. The number of halogens is 4. The Bertz CT molecular complexity index is 1550. The first-order valence-electron chi connectivity index (χ1n) is 13.9. The second-order valence-corrected chi connectivity index (χ2v) is 12.3. The largest absolute Gasteiger partial charge is 0.394 e. The van der Waals surface area contributed by atoms with E-state index in [1.165, 1.54) is 34.7 Å². The lowest BCUT2D eigenvalue weighted by Gasteiger charge is -2.45. The van der Waals surface area contributed by atoms with Crippen LogP contribution < -0.4 is 4.90 Å². The summed E-state index contributed by atoms with van der Waals surface area (Å²) in [7, 11) is 1.30. The molecule has 3 N–H and O–H groups in total. The van der Waals surface area contributed by atoms with E-state index in [9.17, 15) is 33.7 Å². The molecular weight excluding hydrogens is 684 g/mol. The van der Waals surface area contributed by atoms with Gasteiger partial charge in [0.15, 0.2) is 6.10 Å². The zero-order valence-corrected chi connectivity index (χ0v) is 26.7. The number of likely N-dealkylation sites (tertiary alicyclic amines) is 1. The summed E-state index contributed by atoms with van der Waals surface area (Å²) in [6.07, 6.45) is -5.25. The second kappa shape index (κ2) is 13.4. The highest BCUT2D eigenvalue weighted by molar-refractivity contribution is 9.10. The van der Waals surface area contributed by atoms with Crippen molar-refractivity contribution in [1.29, 1.82) is 0 Å². The molecule has 3 aromatic rings. The third-order valence-corrected chi connectivity index (χ3v) is 8.88. The Morgan fingerprint density at radius 3 is 2.44 bits per heavy atom. The number of carbonyl (C=O) groups is 2. The second-order valence-electron chi connectivity index (χ2n) is 11.1. The number of carbonyl (C=O) groups excluding carboxylic acids is 2. The number of aliphatic hydroxyl groups excluding tert-OH is 3. The van der Waals surface area contributed by atoms with Crippen LogP contribution in [0.5, 0.6) is 0 Å². The highest BCUT2D eigenvalue weighted by Gasteiger charge is 2.52. The third-order valence-electron chi connectivity index (χ3n) is 8.06. The lowest BCUT2D eigenvalue weighted by molar-refractivity contribution is -0.211. The van der Waals surface area contributed by atoms with E-state index in [-0.39, 0.29) is 30.3 Å². The van der Waals surface area contributed by atoms with E-state index >= 15 is 0 Å². The molecule has 0 radical (unpaired) electrons. The van der Waals surface area contributed by atoms with Crippen LogP contribution in [-0.4, -0.2) is 110 Å². The average Bonchev–Trinajstić information content (AvgIpc) is 3.62. The van der Waals surface area contributed by atoms with Gasteiger partial charge in [0.05, 0.1) is 24.9 Å². The fourth-order valence-corrected chi connectivity index (χ4v) is 6.58. The summed E-state index contributed by atoms with van der Waals surface area (Å²) >= 11 is 9.07. The monoisotopic (exact) mass is 713 g/mol. The van der Waals surface area contributed by atoms with Gasteiger partial charge in [-0.05, 0) is 42.8 Å². The molecule has 16 heteroatoms. The van der Waals surface area contributed by atoms with E-state index in [1.807, 2.05) is 13.0 Å². The number of rotatable bonds is 7. The number of hydrogen-bond acceptors (Lipinski definition) is 9. The van der Waals surface area contributed by atoms with Crippen molar-refractivity contribution in [3.05, 3.63) is 63.2 Å². The minimum Gasteiger partial charge on any atom is -0.394 e. The van der Waals surface area contributed by atoms with Crippen molar-refractivity contribution in [2.24, 2.45) is 0 Å². The molecule has 2 aliphatic rings. The Labute approximate surface area is 270 Å². The molecule has 0 aliphatic carbocycles. The summed E-state index contributed by atoms with van der Waals surface area (Å²) in [5.41, 5.74) is 1.25. The van der Waals surface area contributed by atoms with Crippen LogP contribution in [0.25, 0.3) is 11.3 Å². The van der Waals surface area contributed by atoms with E-state index in [4.69, 9.17) is 21.1 Å². The first-order chi connectivity index (χ1) is 21.3. The number of benzene rings is 2. The van der Waals surface area contributed by atoms with Crippen molar-refractivity contribution < 1.29 is 43.2 Å². The van der Waals surface area contributed by atoms with Crippen LogP contribution >= 0.6 is 27.5 Å². The Morgan fingerprint density at radius 2 is 1.87 bits per heavy atom. The number of amides is 2. The number of methoxy groups -OCH3 is 1. The minimum atomic E-state index is -1.47. The van der Waals surface area contributed by atoms with Crippen LogP contribution in [0.15, 0.2) is 41.0 Å². The predicted octanol–water partition coefficient (Wildman–Crippen LogP) is 2.25. The molecule has 0 saturated carbocycles. The number of hydrogen-bond donors (Lipinski definition) is 3. The number of anilines is 1. The molecule has 7 atom stereocenters. The molecule has 1 aromatic heterocycles. The van der Waals surface area contributed by atoms with Gasteiger partial charge in [0.25, 0.3) is 5.91 Å². The first kappa shape index (κ1) is 33.3. The smallest absolute Gasteiger partial charge is 0.259 e. The van der Waals surface area contributed by atoms with Gasteiger partial charge in [-0.15, -0.1) is 5.10 Å². The molecule has 242 valence electrons. The van der Waals surface area contributed by atoms with E-state index < -0.39 is 71.8 Å². The Hall–Kier alpha value is -3.05. The van der Waals surface area contributed by atoms with Gasteiger partial charge in [-0.3, -0.25) is 9.59 Å². The Balaban J connectivity index is 1.56. The molecule has 0 bridgehead atoms. The number of aryl methyl sites for hydroxylation is 1. The van der Waals surface area contributed by atoms with Gasteiger partial charge in [0.2, 0.25) is 5.91 Å². The summed E-state index contributed by atoms with van der Waals surface area (Å²) in [5.74, 6) is -2.96. The van der Waals surface area contributed by atoms with E-state index in [0.29, 0.717) is 10.2 Å². The van der Waals surface area contributed by atoms with Gasteiger partial charge in [0.1, 0.15) is 46.7 Å². The molecule has 45 heavy (non-hydrogen) atoms.